The number of piperazine rings is 1. The first-order chi connectivity index (χ1) is 21.7. The molecule has 0 spiro atoms. The Balaban J connectivity index is 1.29. The van der Waals surface area contributed by atoms with Crippen molar-refractivity contribution in [3.05, 3.63) is 59.8 Å². The Bertz CT molecular complexity index is 1940. The third-order valence-corrected chi connectivity index (χ3v) is 10.3. The zero-order valence-corrected chi connectivity index (χ0v) is 25.1. The van der Waals surface area contributed by atoms with Gasteiger partial charge in [-0.1, -0.05) is 24.1 Å². The number of anilines is 1. The molecule has 4 fully saturated rings. The van der Waals surface area contributed by atoms with Gasteiger partial charge in [-0.3, -0.25) is 9.88 Å². The third kappa shape index (κ3) is 4.43. The molecule has 2 N–H and O–H groups in total. The molecule has 8 nitrogen and oxygen atoms in total. The molecule has 45 heavy (non-hydrogen) atoms. The number of pyridine rings is 1. The molecule has 4 aliphatic heterocycles. The summed E-state index contributed by atoms with van der Waals surface area (Å²) >= 11 is 0. The summed E-state index contributed by atoms with van der Waals surface area (Å²) in [6, 6.07) is 6.37. The topological polar surface area (TPSA) is 86.6 Å². The highest BCUT2D eigenvalue weighted by atomic mass is 19.1. The van der Waals surface area contributed by atoms with Crippen LogP contribution in [0.1, 0.15) is 44.6 Å². The van der Waals surface area contributed by atoms with Gasteiger partial charge in [-0.15, -0.1) is 6.42 Å². The minimum Gasteiger partial charge on any atom is -0.508 e. The molecule has 4 aromatic rings. The van der Waals surface area contributed by atoms with E-state index >= 15 is 4.39 Å². The van der Waals surface area contributed by atoms with Crippen molar-refractivity contribution >= 4 is 27.5 Å². The van der Waals surface area contributed by atoms with Crippen LogP contribution in [-0.4, -0.2) is 74.9 Å². The fourth-order valence-electron chi connectivity index (χ4n) is 8.17. The number of nitrogens with zero attached hydrogens (tertiary/aromatic N) is 5. The molecule has 6 heterocycles. The molecule has 0 amide bonds. The Kier molecular flexibility index (Phi) is 6.48. The molecular formula is C35H34F2N6O2. The van der Waals surface area contributed by atoms with Gasteiger partial charge in [-0.2, -0.15) is 9.97 Å². The van der Waals surface area contributed by atoms with Gasteiger partial charge >= 0.3 is 6.01 Å². The number of halogens is 2. The van der Waals surface area contributed by atoms with Crippen LogP contribution in [-0.2, 0) is 0 Å². The number of aromatic hydroxyl groups is 1. The van der Waals surface area contributed by atoms with Crippen molar-refractivity contribution in [1.29, 1.82) is 0 Å². The molecule has 10 heteroatoms. The lowest BCUT2D eigenvalue weighted by Gasteiger charge is -2.40. The minimum absolute atomic E-state index is 0.0279. The van der Waals surface area contributed by atoms with E-state index in [0.29, 0.717) is 47.2 Å². The van der Waals surface area contributed by atoms with Gasteiger partial charge < -0.3 is 20.1 Å². The summed E-state index contributed by atoms with van der Waals surface area (Å²) < 4.78 is 38.1. The summed E-state index contributed by atoms with van der Waals surface area (Å²) in [5.41, 5.74) is 1.13. The van der Waals surface area contributed by atoms with Crippen LogP contribution in [0.2, 0.25) is 0 Å². The van der Waals surface area contributed by atoms with Gasteiger partial charge in [0.15, 0.2) is 5.82 Å². The van der Waals surface area contributed by atoms with E-state index in [0.717, 1.165) is 45.2 Å². The Morgan fingerprint density at radius 2 is 2.11 bits per heavy atom. The predicted molar refractivity (Wildman–Crippen MR) is 169 cm³/mol. The van der Waals surface area contributed by atoms with Crippen LogP contribution in [0.15, 0.2) is 42.6 Å². The van der Waals surface area contributed by atoms with E-state index in [1.807, 2.05) is 0 Å². The predicted octanol–water partition coefficient (Wildman–Crippen LogP) is 5.31. The highest BCUT2D eigenvalue weighted by Crippen LogP contribution is 2.42. The van der Waals surface area contributed by atoms with Gasteiger partial charge in [-0.25, -0.2) is 8.78 Å². The molecule has 0 aliphatic carbocycles. The lowest BCUT2D eigenvalue weighted by atomic mass is 9.94. The number of terminal acetylenes is 1. The van der Waals surface area contributed by atoms with Crippen molar-refractivity contribution in [2.75, 3.05) is 31.1 Å². The molecule has 4 saturated heterocycles. The molecule has 2 aromatic heterocycles. The second-order valence-electron chi connectivity index (χ2n) is 13.1. The van der Waals surface area contributed by atoms with E-state index < -0.39 is 11.6 Å². The number of hydrogen-bond donors (Lipinski definition) is 2. The molecular weight excluding hydrogens is 574 g/mol. The highest BCUT2D eigenvalue weighted by Gasteiger charge is 2.47. The van der Waals surface area contributed by atoms with Crippen LogP contribution in [0.5, 0.6) is 11.8 Å². The summed E-state index contributed by atoms with van der Waals surface area (Å²) in [4.78, 5) is 18.7. The first-order valence-corrected chi connectivity index (χ1v) is 15.6. The Hall–Kier alpha value is -4.33. The molecule has 2 bridgehead atoms. The maximum atomic E-state index is 16.9. The largest absolute Gasteiger partial charge is 0.508 e. The minimum atomic E-state index is -0.721. The van der Waals surface area contributed by atoms with Crippen LogP contribution >= 0.6 is 0 Å². The zero-order valence-electron chi connectivity index (χ0n) is 25.1. The van der Waals surface area contributed by atoms with Crippen molar-refractivity contribution < 1.29 is 18.6 Å². The van der Waals surface area contributed by atoms with E-state index in [2.05, 4.69) is 44.5 Å². The lowest BCUT2D eigenvalue weighted by Crippen LogP contribution is -2.57. The van der Waals surface area contributed by atoms with Crippen LogP contribution in [0.4, 0.5) is 14.6 Å². The smallest absolute Gasteiger partial charge is 0.319 e. The van der Waals surface area contributed by atoms with Gasteiger partial charge in [0.05, 0.1) is 16.5 Å². The van der Waals surface area contributed by atoms with Crippen LogP contribution in [0, 0.1) is 24.0 Å². The zero-order chi connectivity index (χ0) is 31.0. The molecule has 2 unspecified atom stereocenters. The van der Waals surface area contributed by atoms with E-state index in [1.165, 1.54) is 29.8 Å². The Labute approximate surface area is 260 Å². The van der Waals surface area contributed by atoms with E-state index in [-0.39, 0.29) is 45.7 Å². The van der Waals surface area contributed by atoms with Crippen LogP contribution in [0.25, 0.3) is 32.9 Å². The second-order valence-corrected chi connectivity index (χ2v) is 13.1. The number of ether oxygens (including phenoxy) is 1. The standard InChI is InChI=1S/C35H34F2N6O2/c1-4-24-27(36)8-6-21-12-23(44)13-25(29(21)24)31-30(37)32-26(15-38-31)33(43-17-22-7-9-28(39-22)20(43)3)41-34(40-32)45-18-35-10-5-11-42(35)16-19(2)14-35/h1,6,8,12-13,15,20,22,28,39,44H,2,5,7,9-11,14,16-18H2,3H3/t20?,22-,28+,35?/m1/s1. The number of phenolic OH excluding ortho intramolecular Hbond substituents is 1. The van der Waals surface area contributed by atoms with Crippen molar-refractivity contribution in [2.24, 2.45) is 0 Å². The first-order valence-electron chi connectivity index (χ1n) is 15.6. The van der Waals surface area contributed by atoms with Gasteiger partial charge in [-0.05, 0) is 69.2 Å². The normalized spacial score (nSPS) is 26.1. The van der Waals surface area contributed by atoms with Gasteiger partial charge in [0.25, 0.3) is 0 Å². The fourth-order valence-corrected chi connectivity index (χ4v) is 8.17. The number of fused-ring (bicyclic) bond motifs is 5. The lowest BCUT2D eigenvalue weighted by molar-refractivity contribution is 0.108. The van der Waals surface area contributed by atoms with Gasteiger partial charge in [0.1, 0.15) is 35.2 Å². The molecule has 4 atom stereocenters. The van der Waals surface area contributed by atoms with Crippen LogP contribution in [0.3, 0.4) is 0 Å². The SMILES string of the molecule is C#Cc1c(F)ccc2cc(O)cc(-c3ncc4c(N5C[C@H]6CC[C@H](N6)C5C)nc(OCC56CCCN5CC(=C)C6)nc4c3F)c12. The summed E-state index contributed by atoms with van der Waals surface area (Å²) in [7, 11) is 0. The maximum absolute atomic E-state index is 16.9. The average Bonchev–Trinajstić information content (AvgIpc) is 3.70. The van der Waals surface area contributed by atoms with Crippen molar-refractivity contribution in [3.63, 3.8) is 0 Å². The monoisotopic (exact) mass is 608 g/mol. The third-order valence-electron chi connectivity index (χ3n) is 10.3. The molecule has 2 aromatic carbocycles. The molecule has 4 aliphatic rings. The van der Waals surface area contributed by atoms with Crippen molar-refractivity contribution in [3.8, 4) is 35.4 Å². The number of aromatic nitrogens is 3. The van der Waals surface area contributed by atoms with Gasteiger partial charge in [0.2, 0.25) is 0 Å². The maximum Gasteiger partial charge on any atom is 0.319 e. The van der Waals surface area contributed by atoms with Gasteiger partial charge in [0, 0.05) is 48.4 Å². The summed E-state index contributed by atoms with van der Waals surface area (Å²) in [6.07, 6.45) is 12.3. The average molecular weight is 609 g/mol. The molecule has 8 rings (SSSR count). The summed E-state index contributed by atoms with van der Waals surface area (Å²) in [5, 5.41) is 15.5. The second kappa shape index (κ2) is 10.4. The number of nitrogens with one attached hydrogen (secondary N) is 1. The highest BCUT2D eigenvalue weighted by molar-refractivity contribution is 6.03. The summed E-state index contributed by atoms with van der Waals surface area (Å²) in [6.45, 7) is 9.32. The van der Waals surface area contributed by atoms with Crippen LogP contribution < -0.4 is 15.0 Å². The number of benzene rings is 2. The van der Waals surface area contributed by atoms with Crippen molar-refractivity contribution in [1.82, 2.24) is 25.2 Å². The van der Waals surface area contributed by atoms with Crippen molar-refractivity contribution in [2.45, 2.75) is 62.7 Å². The van der Waals surface area contributed by atoms with E-state index in [4.69, 9.17) is 16.1 Å². The first kappa shape index (κ1) is 28.2. The Morgan fingerprint density at radius 1 is 1.24 bits per heavy atom. The number of phenols is 1. The molecule has 0 radical (unpaired) electrons. The molecule has 230 valence electrons. The number of rotatable bonds is 5. The quantitative estimate of drug-likeness (QED) is 0.233. The van der Waals surface area contributed by atoms with E-state index in [9.17, 15) is 9.50 Å². The number of hydrogen-bond acceptors (Lipinski definition) is 8. The summed E-state index contributed by atoms with van der Waals surface area (Å²) in [5.74, 6) is 1.51. The van der Waals surface area contributed by atoms with E-state index in [1.54, 1.807) is 6.20 Å². The fraction of sp³-hybridized carbons (Fsp3) is 0.400. The Morgan fingerprint density at radius 3 is 2.96 bits per heavy atom. The molecule has 0 saturated carbocycles.